The van der Waals surface area contributed by atoms with Crippen LogP contribution in [0.3, 0.4) is 0 Å². The molecule has 1 heterocycles. The van der Waals surface area contributed by atoms with Crippen LogP contribution in [0.5, 0.6) is 0 Å². The van der Waals surface area contributed by atoms with Gasteiger partial charge in [-0.3, -0.25) is 9.59 Å². The Kier molecular flexibility index (Phi) is 3.31. The normalized spacial score (nSPS) is 29.7. The third kappa shape index (κ3) is 1.93. The van der Waals surface area contributed by atoms with Crippen molar-refractivity contribution in [1.82, 2.24) is 0 Å². The second-order valence-corrected chi connectivity index (χ2v) is 5.16. The molecule has 0 aromatic rings. The maximum atomic E-state index is 11.7. The highest BCUT2D eigenvalue weighted by Crippen LogP contribution is 2.41. The zero-order chi connectivity index (χ0) is 12.6. The van der Waals surface area contributed by atoms with Gasteiger partial charge in [-0.1, -0.05) is 13.8 Å². The Bertz CT molecular complexity index is 308. The number of hydrogen-bond acceptors (Lipinski definition) is 4. The van der Waals surface area contributed by atoms with Crippen molar-refractivity contribution in [1.29, 1.82) is 0 Å². The van der Waals surface area contributed by atoms with Crippen LogP contribution in [0.25, 0.3) is 0 Å². The lowest BCUT2D eigenvalue weighted by atomic mass is 9.78. The molecule has 0 aromatic heterocycles. The number of hydrogen-bond donors (Lipinski definition) is 0. The van der Waals surface area contributed by atoms with Crippen LogP contribution in [0.1, 0.15) is 41.0 Å². The molecule has 4 nitrogen and oxygen atoms in total. The van der Waals surface area contributed by atoms with E-state index in [0.29, 0.717) is 0 Å². The lowest BCUT2D eigenvalue weighted by Crippen LogP contribution is -2.47. The fourth-order valence-electron chi connectivity index (χ4n) is 1.43. The molecule has 0 spiro atoms. The quantitative estimate of drug-likeness (QED) is 0.692. The summed E-state index contributed by atoms with van der Waals surface area (Å²) in [7, 11) is 0. The maximum Gasteiger partial charge on any atom is 0.315 e. The predicted molar refractivity (Wildman–Crippen MR) is 58.7 cm³/mol. The first-order valence-electron chi connectivity index (χ1n) is 5.64. The van der Waals surface area contributed by atoms with E-state index in [1.54, 1.807) is 20.8 Å². The van der Waals surface area contributed by atoms with Crippen LogP contribution in [0.2, 0.25) is 0 Å². The molecule has 2 atom stereocenters. The lowest BCUT2D eigenvalue weighted by molar-refractivity contribution is -0.171. The summed E-state index contributed by atoms with van der Waals surface area (Å²) in [4.78, 5) is 23.3. The number of carbonyl (C=O) groups is 2. The van der Waals surface area contributed by atoms with Crippen molar-refractivity contribution in [2.75, 3.05) is 6.61 Å². The van der Waals surface area contributed by atoms with Gasteiger partial charge in [0.25, 0.3) is 0 Å². The molecule has 0 radical (unpaired) electrons. The van der Waals surface area contributed by atoms with Crippen molar-refractivity contribution in [3.8, 4) is 0 Å². The maximum absolute atomic E-state index is 11.7. The van der Waals surface area contributed by atoms with E-state index in [1.807, 2.05) is 13.8 Å². The van der Waals surface area contributed by atoms with E-state index in [2.05, 4.69) is 0 Å². The number of cyclic esters (lactones) is 1. The molecule has 1 saturated heterocycles. The minimum absolute atomic E-state index is 0.140. The lowest BCUT2D eigenvalue weighted by Gasteiger charge is -2.33. The summed E-state index contributed by atoms with van der Waals surface area (Å²) in [6.45, 7) is 9.11. The summed E-state index contributed by atoms with van der Waals surface area (Å²) >= 11 is 0. The van der Waals surface area contributed by atoms with Crippen LogP contribution in [0.4, 0.5) is 0 Å². The fraction of sp³-hybridized carbons (Fsp3) is 0.833. The number of carbonyl (C=O) groups excluding carboxylic acids is 2. The van der Waals surface area contributed by atoms with Crippen LogP contribution >= 0.6 is 0 Å². The van der Waals surface area contributed by atoms with Crippen molar-refractivity contribution in [3.63, 3.8) is 0 Å². The second-order valence-electron chi connectivity index (χ2n) is 5.16. The van der Waals surface area contributed by atoms with Crippen LogP contribution in [0.15, 0.2) is 0 Å². The van der Waals surface area contributed by atoms with Gasteiger partial charge in [-0.15, -0.1) is 0 Å². The van der Waals surface area contributed by atoms with E-state index in [0.717, 1.165) is 6.42 Å². The molecular weight excluding hydrogens is 208 g/mol. The molecule has 0 aliphatic carbocycles. The Morgan fingerprint density at radius 1 is 1.50 bits per heavy atom. The Hall–Kier alpha value is -1.06. The molecular formula is C12H20O4. The average Bonchev–Trinajstić information content (AvgIpc) is 2.41. The highest BCUT2D eigenvalue weighted by atomic mass is 16.6. The first-order chi connectivity index (χ1) is 7.24. The van der Waals surface area contributed by atoms with Gasteiger partial charge in [0, 0.05) is 0 Å². The molecule has 1 aliphatic heterocycles. The van der Waals surface area contributed by atoms with E-state index in [1.165, 1.54) is 0 Å². The zero-order valence-electron chi connectivity index (χ0n) is 10.6. The van der Waals surface area contributed by atoms with Crippen molar-refractivity contribution in [2.24, 2.45) is 11.3 Å². The zero-order valence-corrected chi connectivity index (χ0v) is 10.6. The number of esters is 2. The first-order valence-corrected chi connectivity index (χ1v) is 5.64. The smallest absolute Gasteiger partial charge is 0.315 e. The molecule has 0 N–H and O–H groups in total. The Morgan fingerprint density at radius 3 is 2.44 bits per heavy atom. The van der Waals surface area contributed by atoms with Gasteiger partial charge in [0.15, 0.2) is 5.60 Å². The van der Waals surface area contributed by atoms with Gasteiger partial charge in [-0.2, -0.15) is 0 Å². The molecule has 0 saturated carbocycles. The van der Waals surface area contributed by atoms with Crippen LogP contribution in [-0.4, -0.2) is 24.1 Å². The van der Waals surface area contributed by atoms with E-state index >= 15 is 0 Å². The first kappa shape index (κ1) is 13.0. The van der Waals surface area contributed by atoms with Crippen molar-refractivity contribution < 1.29 is 19.1 Å². The van der Waals surface area contributed by atoms with Gasteiger partial charge in [-0.25, -0.2) is 0 Å². The Balaban J connectivity index is 2.81. The molecule has 92 valence electrons. The third-order valence-corrected chi connectivity index (χ3v) is 3.65. The van der Waals surface area contributed by atoms with Crippen molar-refractivity contribution in [2.45, 2.75) is 46.6 Å². The summed E-state index contributed by atoms with van der Waals surface area (Å²) in [6, 6.07) is 0. The van der Waals surface area contributed by atoms with Crippen LogP contribution < -0.4 is 0 Å². The SMILES string of the molecule is CCC(C)C(=O)OC1(C)COC(=O)C1(C)C. The molecule has 1 rings (SSSR count). The molecule has 16 heavy (non-hydrogen) atoms. The molecule has 0 aromatic carbocycles. The highest BCUT2D eigenvalue weighted by molar-refractivity contribution is 5.81. The standard InChI is InChI=1S/C12H20O4/c1-6-8(2)9(13)16-12(5)7-15-10(14)11(12,3)4/h8H,6-7H2,1-5H3. The monoisotopic (exact) mass is 228 g/mol. The van der Waals surface area contributed by atoms with Crippen molar-refractivity contribution in [3.05, 3.63) is 0 Å². The van der Waals surface area contributed by atoms with Crippen molar-refractivity contribution >= 4 is 11.9 Å². The van der Waals surface area contributed by atoms with Crippen LogP contribution in [-0.2, 0) is 19.1 Å². The minimum Gasteiger partial charge on any atom is -0.461 e. The summed E-state index contributed by atoms with van der Waals surface area (Å²) in [5.41, 5.74) is -1.64. The van der Waals surface area contributed by atoms with E-state index in [-0.39, 0.29) is 24.5 Å². The van der Waals surface area contributed by atoms with Gasteiger partial charge in [-0.05, 0) is 27.2 Å². The predicted octanol–water partition coefficient (Wildman–Crippen LogP) is 1.92. The van der Waals surface area contributed by atoms with Gasteiger partial charge < -0.3 is 9.47 Å². The topological polar surface area (TPSA) is 52.6 Å². The summed E-state index contributed by atoms with van der Waals surface area (Å²) < 4.78 is 10.4. The Morgan fingerprint density at radius 2 is 2.06 bits per heavy atom. The number of rotatable bonds is 3. The van der Waals surface area contributed by atoms with E-state index < -0.39 is 11.0 Å². The van der Waals surface area contributed by atoms with Crippen LogP contribution in [0, 0.1) is 11.3 Å². The van der Waals surface area contributed by atoms with Gasteiger partial charge in [0.1, 0.15) is 12.0 Å². The van der Waals surface area contributed by atoms with Gasteiger partial charge in [0.05, 0.1) is 5.92 Å². The second kappa shape index (κ2) is 4.07. The largest absolute Gasteiger partial charge is 0.461 e. The molecule has 1 fully saturated rings. The number of ether oxygens (including phenoxy) is 2. The van der Waals surface area contributed by atoms with E-state index in [4.69, 9.17) is 9.47 Å². The molecule has 4 heteroatoms. The summed E-state index contributed by atoms with van der Waals surface area (Å²) in [5.74, 6) is -0.730. The third-order valence-electron chi connectivity index (χ3n) is 3.65. The molecule has 1 aliphatic rings. The van der Waals surface area contributed by atoms with Gasteiger partial charge >= 0.3 is 11.9 Å². The van der Waals surface area contributed by atoms with Gasteiger partial charge in [0.2, 0.25) is 0 Å². The molecule has 2 unspecified atom stereocenters. The molecule has 0 bridgehead atoms. The highest BCUT2D eigenvalue weighted by Gasteiger charge is 2.57. The van der Waals surface area contributed by atoms with E-state index in [9.17, 15) is 9.59 Å². The molecule has 0 amide bonds. The fourth-order valence-corrected chi connectivity index (χ4v) is 1.43. The summed E-state index contributed by atoms with van der Waals surface area (Å²) in [5, 5.41) is 0. The Labute approximate surface area is 96.3 Å². The summed E-state index contributed by atoms with van der Waals surface area (Å²) in [6.07, 6.45) is 0.726. The average molecular weight is 228 g/mol. The minimum atomic E-state index is -0.857.